The maximum Gasteiger partial charge on any atom is 0.164 e. The zero-order chi connectivity index (χ0) is 44.3. The molecular weight excluding hydrogens is 1010 g/mol. The molecule has 10 aromatic rings. The molecule has 0 aliphatic heterocycles. The zero-order valence-electron chi connectivity index (χ0n) is 36.5. The van der Waals surface area contributed by atoms with E-state index in [1.165, 1.54) is 27.5 Å². The molecule has 0 aliphatic carbocycles. The zero-order valence-corrected chi connectivity index (χ0v) is 40.8. The Morgan fingerprint density at radius 2 is 0.938 bits per heavy atom. The lowest BCUT2D eigenvalue weighted by Crippen LogP contribution is -2.11. The number of aryl methyl sites for hydroxylation is 3. The summed E-state index contributed by atoms with van der Waals surface area (Å²) in [6.07, 6.45) is 0. The summed E-state index contributed by atoms with van der Waals surface area (Å²) in [4.78, 5) is 26.4. The Labute approximate surface area is 401 Å². The summed E-state index contributed by atoms with van der Waals surface area (Å²) < 4.78 is 4.63. The van der Waals surface area contributed by atoms with E-state index in [1.807, 2.05) is 24.3 Å². The Kier molecular flexibility index (Phi) is 11.0. The van der Waals surface area contributed by atoms with Gasteiger partial charge in [-0.1, -0.05) is 105 Å². The van der Waals surface area contributed by atoms with Gasteiger partial charge in [0.05, 0.1) is 28.1 Å². The van der Waals surface area contributed by atoms with E-state index in [9.17, 15) is 0 Å². The molecule has 0 N–H and O–H groups in total. The van der Waals surface area contributed by atoms with Gasteiger partial charge in [-0.2, -0.15) is 0 Å². The molecule has 0 saturated carbocycles. The summed E-state index contributed by atoms with van der Waals surface area (Å²) in [5.41, 5.74) is 15.2. The quantitative estimate of drug-likeness (QED) is 0.149. The molecule has 0 atom stereocenters. The van der Waals surface area contributed by atoms with E-state index in [-0.39, 0.29) is 5.41 Å². The number of hydrogen-bond acceptors (Lipinski definition) is 5. The lowest BCUT2D eigenvalue weighted by Gasteiger charge is -2.20. The van der Waals surface area contributed by atoms with Crippen molar-refractivity contribution < 1.29 is 0 Å². The van der Waals surface area contributed by atoms with Gasteiger partial charge in [-0.25, -0.2) is 24.9 Å². The van der Waals surface area contributed by atoms with Crippen LogP contribution in [0.25, 0.3) is 95.6 Å². The Balaban J connectivity index is 1.28. The number of rotatable bonds is 7. The van der Waals surface area contributed by atoms with Gasteiger partial charge in [-0.05, 0) is 167 Å². The predicted octanol–water partition coefficient (Wildman–Crippen LogP) is 15.2. The van der Waals surface area contributed by atoms with Crippen LogP contribution in [0.3, 0.4) is 0 Å². The number of hydrogen-bond donors (Lipinski definition) is 0. The standard InChI is InChI=1S/C56H44I2N6/c1-33-17-20-49-44(25-33)45-26-34(2)18-21-50(45)64(49)51-22-19-38(30-46(51)48-32-47(36-13-9-7-10-14-36)59-52(60-48)37-15-11-8-12-16-37)53-61-54(39-23-35(3)24-42(57)28-39)63-55(62-53)40-27-41(56(4,5)6)31-43(58)29-40/h7-32H,1-6H3. The molecule has 6 nitrogen and oxygen atoms in total. The minimum Gasteiger partial charge on any atom is -0.309 e. The van der Waals surface area contributed by atoms with Crippen LogP contribution in [0.4, 0.5) is 0 Å². The number of aromatic nitrogens is 6. The van der Waals surface area contributed by atoms with E-state index >= 15 is 0 Å². The Hall–Kier alpha value is -6.11. The lowest BCUT2D eigenvalue weighted by atomic mass is 9.86. The van der Waals surface area contributed by atoms with Crippen molar-refractivity contribution in [1.29, 1.82) is 0 Å². The van der Waals surface area contributed by atoms with Gasteiger partial charge in [0.1, 0.15) is 0 Å². The number of halogens is 2. The van der Waals surface area contributed by atoms with Crippen molar-refractivity contribution in [2.75, 3.05) is 0 Å². The fourth-order valence-electron chi connectivity index (χ4n) is 8.42. The first-order valence-corrected chi connectivity index (χ1v) is 23.5. The minimum absolute atomic E-state index is 0.0645. The lowest BCUT2D eigenvalue weighted by molar-refractivity contribution is 0.590. The second kappa shape index (κ2) is 16.8. The van der Waals surface area contributed by atoms with E-state index < -0.39 is 0 Å². The molecule has 0 saturated heterocycles. The topological polar surface area (TPSA) is 69.4 Å². The third-order valence-corrected chi connectivity index (χ3v) is 12.9. The van der Waals surface area contributed by atoms with Gasteiger partial charge < -0.3 is 4.57 Å². The third-order valence-electron chi connectivity index (χ3n) is 11.6. The molecule has 3 aromatic heterocycles. The fourth-order valence-corrected chi connectivity index (χ4v) is 9.92. The normalized spacial score (nSPS) is 11.8. The first kappa shape index (κ1) is 41.9. The fraction of sp³-hybridized carbons (Fsp3) is 0.125. The molecule has 0 spiro atoms. The van der Waals surface area contributed by atoms with Gasteiger partial charge in [0.25, 0.3) is 0 Å². The molecule has 10 rings (SSSR count). The summed E-state index contributed by atoms with van der Waals surface area (Å²) in [7, 11) is 0. The molecule has 0 aliphatic rings. The molecule has 3 heterocycles. The van der Waals surface area contributed by atoms with Crippen molar-refractivity contribution in [3.05, 3.63) is 187 Å². The maximum absolute atomic E-state index is 5.41. The van der Waals surface area contributed by atoms with E-state index in [1.54, 1.807) is 0 Å². The van der Waals surface area contributed by atoms with Crippen molar-refractivity contribution in [3.8, 4) is 73.8 Å². The molecule has 0 amide bonds. The van der Waals surface area contributed by atoms with Crippen molar-refractivity contribution >= 4 is 67.0 Å². The summed E-state index contributed by atoms with van der Waals surface area (Å²) in [6, 6.07) is 55.8. The monoisotopic (exact) mass is 1050 g/mol. The number of nitrogens with zero attached hydrogens (tertiary/aromatic N) is 6. The molecule has 64 heavy (non-hydrogen) atoms. The van der Waals surface area contributed by atoms with Gasteiger partial charge in [0, 0.05) is 51.3 Å². The minimum atomic E-state index is -0.0645. The Bertz CT molecular complexity index is 3290. The maximum atomic E-state index is 5.41. The molecule has 312 valence electrons. The highest BCUT2D eigenvalue weighted by Crippen LogP contribution is 2.40. The smallest absolute Gasteiger partial charge is 0.164 e. The average molecular weight is 1050 g/mol. The van der Waals surface area contributed by atoms with Crippen molar-refractivity contribution in [3.63, 3.8) is 0 Å². The highest BCUT2D eigenvalue weighted by atomic mass is 127. The predicted molar refractivity (Wildman–Crippen MR) is 281 cm³/mol. The SMILES string of the molecule is Cc1cc(I)cc(-c2nc(-c3cc(I)cc(C(C)(C)C)c3)nc(-c3ccc(-n4c5ccc(C)cc5c5cc(C)ccc54)c(-c4cc(-c5ccccc5)nc(-c5ccccc5)n4)c3)n2)c1. The van der Waals surface area contributed by atoms with Crippen LogP contribution < -0.4 is 0 Å². The van der Waals surface area contributed by atoms with E-state index in [2.05, 4.69) is 225 Å². The van der Waals surface area contributed by atoms with Crippen LogP contribution in [0.2, 0.25) is 0 Å². The van der Waals surface area contributed by atoms with Gasteiger partial charge in [0.15, 0.2) is 23.3 Å². The van der Waals surface area contributed by atoms with Crippen LogP contribution in [0.1, 0.15) is 43.0 Å². The molecular formula is C56H44I2N6. The summed E-state index contributed by atoms with van der Waals surface area (Å²) in [6.45, 7) is 13.1. The van der Waals surface area contributed by atoms with Crippen LogP contribution in [0.15, 0.2) is 158 Å². The third kappa shape index (κ3) is 8.25. The van der Waals surface area contributed by atoms with Crippen LogP contribution in [0.5, 0.6) is 0 Å². The van der Waals surface area contributed by atoms with Crippen molar-refractivity contribution in [1.82, 2.24) is 29.5 Å². The molecule has 0 bridgehead atoms. The van der Waals surface area contributed by atoms with Crippen molar-refractivity contribution in [2.24, 2.45) is 0 Å². The van der Waals surface area contributed by atoms with Crippen molar-refractivity contribution in [2.45, 2.75) is 47.0 Å². The molecule has 0 unspecified atom stereocenters. The van der Waals surface area contributed by atoms with Gasteiger partial charge >= 0.3 is 0 Å². The highest BCUT2D eigenvalue weighted by Gasteiger charge is 2.23. The Morgan fingerprint density at radius 3 is 1.53 bits per heavy atom. The summed E-state index contributed by atoms with van der Waals surface area (Å²) >= 11 is 4.79. The van der Waals surface area contributed by atoms with Gasteiger partial charge in [0.2, 0.25) is 0 Å². The van der Waals surface area contributed by atoms with Gasteiger partial charge in [-0.15, -0.1) is 0 Å². The first-order chi connectivity index (χ1) is 30.8. The van der Waals surface area contributed by atoms with E-state index in [0.717, 1.165) is 74.2 Å². The highest BCUT2D eigenvalue weighted by molar-refractivity contribution is 14.1. The second-order valence-corrected chi connectivity index (χ2v) is 20.1. The van der Waals surface area contributed by atoms with Gasteiger partial charge in [-0.3, -0.25) is 0 Å². The van der Waals surface area contributed by atoms with E-state index in [0.29, 0.717) is 23.3 Å². The first-order valence-electron chi connectivity index (χ1n) is 21.4. The van der Waals surface area contributed by atoms with E-state index in [4.69, 9.17) is 24.9 Å². The van der Waals surface area contributed by atoms with Crippen LogP contribution in [-0.2, 0) is 5.41 Å². The molecule has 7 aromatic carbocycles. The molecule has 8 heteroatoms. The van der Waals surface area contributed by atoms with Crippen LogP contribution in [0, 0.1) is 27.9 Å². The van der Waals surface area contributed by atoms with Crippen LogP contribution >= 0.6 is 45.2 Å². The molecule has 0 radical (unpaired) electrons. The number of fused-ring (bicyclic) bond motifs is 3. The van der Waals surface area contributed by atoms with Crippen LogP contribution in [-0.4, -0.2) is 29.5 Å². The Morgan fingerprint density at radius 1 is 0.406 bits per heavy atom. The average Bonchev–Trinajstić information content (AvgIpc) is 3.60. The summed E-state index contributed by atoms with van der Waals surface area (Å²) in [5.74, 6) is 2.47. The number of benzene rings is 7. The summed E-state index contributed by atoms with van der Waals surface area (Å²) in [5, 5.41) is 2.41. The largest absolute Gasteiger partial charge is 0.309 e. The second-order valence-electron chi connectivity index (χ2n) is 17.6. The molecule has 0 fully saturated rings.